The van der Waals surface area contributed by atoms with E-state index in [0.29, 0.717) is 16.8 Å². The van der Waals surface area contributed by atoms with Gasteiger partial charge in [-0.2, -0.15) is 9.97 Å². The Morgan fingerprint density at radius 2 is 0.927 bits per heavy atom. The molecule has 4 bridgehead atoms. The first kappa shape index (κ1) is 104. The van der Waals surface area contributed by atoms with Crippen LogP contribution in [0.25, 0.3) is 54.3 Å². The molecular weight excluding hydrogens is 2130 g/mol. The molecule has 10 aromatic rings. The van der Waals surface area contributed by atoms with Crippen LogP contribution in [0.15, 0.2) is 108 Å². The van der Waals surface area contributed by atoms with Crippen LogP contribution >= 0.6 is 69.3 Å². The van der Waals surface area contributed by atoms with Crippen molar-refractivity contribution >= 4 is 178 Å². The minimum atomic E-state index is -5.17. The molecule has 8 aromatic heterocycles. The number of aromatic nitrogens is 16. The number of phosphoric ester groups is 3. The van der Waals surface area contributed by atoms with E-state index in [0.717, 1.165) is 0 Å². The number of H-pyrrole nitrogens is 2. The van der Waals surface area contributed by atoms with Gasteiger partial charge in [0.05, 0.1) is 51.7 Å². The van der Waals surface area contributed by atoms with E-state index in [1.807, 2.05) is 67.7 Å². The lowest BCUT2D eigenvalue weighted by molar-refractivity contribution is -0.119. The highest BCUT2D eigenvalue weighted by atomic mass is 128. The Balaban J connectivity index is 0.000000215. The molecule has 0 spiro atoms. The molecule has 2 aromatic carbocycles. The summed E-state index contributed by atoms with van der Waals surface area (Å²) in [5.41, 5.74) is 0.112. The van der Waals surface area contributed by atoms with E-state index in [4.69, 9.17) is 86.2 Å². The summed E-state index contributed by atoms with van der Waals surface area (Å²) in [6, 6.07) is 17.1. The van der Waals surface area contributed by atoms with Crippen molar-refractivity contribution in [2.75, 3.05) is 74.0 Å². The summed E-state index contributed by atoms with van der Waals surface area (Å²) in [4.78, 5) is 156. The summed E-state index contributed by atoms with van der Waals surface area (Å²) in [6.45, 7) is 38.1. The number of aromatic amines is 2. The second-order valence-electron chi connectivity index (χ2n) is 35.7. The van der Waals surface area contributed by atoms with Gasteiger partial charge in [-0.15, -0.1) is 0 Å². The fourth-order valence-corrected chi connectivity index (χ4v) is 21.6. The number of rotatable bonds is 22. The Kier molecular flexibility index (Phi) is 33.1. The zero-order valence-corrected chi connectivity index (χ0v) is 86.2. The minimum Gasteiger partial charge on any atom is -0.408 e. The normalized spacial score (nSPS) is 27.3. The van der Waals surface area contributed by atoms with Gasteiger partial charge in [0.1, 0.15) is 99.4 Å². The fraction of sp³-hybridized carbons (Fsp3) is 0.525. The first-order valence-corrected chi connectivity index (χ1v) is 60.7. The lowest BCUT2D eigenvalue weighted by Gasteiger charge is -2.40. The number of phosphoric acid groups is 3. The van der Waals surface area contributed by atoms with Crippen molar-refractivity contribution in [3.63, 3.8) is 0 Å². The predicted octanol–water partition coefficient (Wildman–Crippen LogP) is 12.6. The number of amides is 4. The quantitative estimate of drug-likeness (QED) is 0.0103. The zero-order valence-electron chi connectivity index (χ0n) is 76.3. The van der Waals surface area contributed by atoms with Gasteiger partial charge in [-0.3, -0.25) is 104 Å². The van der Waals surface area contributed by atoms with Crippen LogP contribution in [0.5, 0.6) is 0 Å². The SMILES string of the molecule is II.[C-]#[N+]CCOP1(=O)OC[C@H]2O[C@@H](n3cnc4c(=O)[nH]c(NC(=O)C(C)C)nc43)[C@H](OP(=O)(O)OC[C@H]3O[C@@H](n4cnc5c(NC(=O)c6ccccc6)ncnc54)C[C@@H]3O1)[C@@H]2O[Si](C)(C)C(C)(C)C.[C-]#[N+]CCOP1(=O)OC[C@H]2O[C@@H](n3cnc4c(=O)[nH]c(NC(=O)C(C)C)nc43)[C@H](OP(O)OC[C@H]3O[C@@H](n4cnc5c(NC(=O)c6ccccc6)ncnc54)C[C@@H]3O1)[C@@H]2O[Si](C)(C)C(C)(C)C. The van der Waals surface area contributed by atoms with E-state index in [-0.39, 0.29) is 113 Å². The van der Waals surface area contributed by atoms with Gasteiger partial charge in [-0.05, 0) is 60.5 Å². The van der Waals surface area contributed by atoms with Gasteiger partial charge in [-0.25, -0.2) is 66.7 Å². The molecule has 137 heavy (non-hydrogen) atoms. The fourth-order valence-electron chi connectivity index (χ4n) is 14.5. The maximum Gasteiger partial charge on any atom is 0.475 e. The number of carbonyl (C=O) groups is 4. The number of halogens is 2. The Morgan fingerprint density at radius 1 is 0.533 bits per heavy atom. The molecule has 4 unspecified atom stereocenters. The van der Waals surface area contributed by atoms with Gasteiger partial charge in [0.15, 0.2) is 85.4 Å². The summed E-state index contributed by atoms with van der Waals surface area (Å²) < 4.78 is 150. The summed E-state index contributed by atoms with van der Waals surface area (Å²) in [5.74, 6) is -2.63. The van der Waals surface area contributed by atoms with Crippen molar-refractivity contribution in [2.24, 2.45) is 11.8 Å². The van der Waals surface area contributed by atoms with Crippen molar-refractivity contribution < 1.29 is 116 Å². The molecule has 6 fully saturated rings. The van der Waals surface area contributed by atoms with Crippen LogP contribution in [0, 0.1) is 25.0 Å². The van der Waals surface area contributed by atoms with E-state index < -0.39 is 206 Å². The van der Waals surface area contributed by atoms with Crippen molar-refractivity contribution in [3.05, 3.63) is 153 Å². The number of imidazole rings is 4. The van der Waals surface area contributed by atoms with Gasteiger partial charge in [-0.1, -0.05) is 106 Å². The smallest absolute Gasteiger partial charge is 0.408 e. The topological polar surface area (TPSA) is 579 Å². The molecule has 0 radical (unpaired) electrons. The highest BCUT2D eigenvalue weighted by Gasteiger charge is 2.59. The van der Waals surface area contributed by atoms with E-state index in [9.17, 15) is 52.2 Å². The van der Waals surface area contributed by atoms with Crippen LogP contribution in [0.1, 0.15) is 128 Å². The van der Waals surface area contributed by atoms with Crippen molar-refractivity contribution in [3.8, 4) is 0 Å². The summed E-state index contributed by atoms with van der Waals surface area (Å²) in [6.07, 6.45) is -8.72. The number of hydrogen-bond donors (Lipinski definition) is 8. The van der Waals surface area contributed by atoms with Crippen molar-refractivity contribution in [1.29, 1.82) is 0 Å². The molecule has 18 atom stereocenters. The van der Waals surface area contributed by atoms with Crippen LogP contribution < -0.4 is 32.4 Å². The number of benzene rings is 2. The molecule has 57 heteroatoms. The van der Waals surface area contributed by atoms with Gasteiger partial charge >= 0.3 is 32.1 Å². The average molecular weight is 2240 g/mol. The minimum absolute atomic E-state index is 0.00562. The van der Waals surface area contributed by atoms with Gasteiger partial charge < -0.3 is 67.0 Å². The molecule has 4 amide bonds. The molecule has 6 aliphatic heterocycles. The molecule has 6 saturated heterocycles. The van der Waals surface area contributed by atoms with Crippen molar-refractivity contribution in [2.45, 2.75) is 204 Å². The maximum atomic E-state index is 14.8. The Labute approximate surface area is 809 Å². The van der Waals surface area contributed by atoms with Crippen LogP contribution in [0.4, 0.5) is 23.5 Å². The highest BCUT2D eigenvalue weighted by Crippen LogP contribution is 2.59. The maximum absolute atomic E-state index is 14.8. The monoisotopic (exact) mass is 2240 g/mol. The number of nitrogens with one attached hydrogen (secondary N) is 6. The number of ether oxygens (including phenoxy) is 4. The lowest BCUT2D eigenvalue weighted by Crippen LogP contribution is -2.50. The third-order valence-electron chi connectivity index (χ3n) is 23.7. The first-order valence-electron chi connectivity index (χ1n) is 43.0. The summed E-state index contributed by atoms with van der Waals surface area (Å²) in [5, 5.41) is 9.91. The van der Waals surface area contributed by atoms with E-state index in [1.54, 1.807) is 92.9 Å². The first-order chi connectivity index (χ1) is 65.0. The second kappa shape index (κ2) is 43.5. The Morgan fingerprint density at radius 3 is 1.34 bits per heavy atom. The van der Waals surface area contributed by atoms with E-state index in [2.05, 4.69) is 128 Å². The molecule has 736 valence electrons. The van der Waals surface area contributed by atoms with Gasteiger partial charge in [0.2, 0.25) is 36.8 Å². The molecule has 16 rings (SSSR count). The molecule has 0 saturated carbocycles. The third kappa shape index (κ3) is 23.9. The van der Waals surface area contributed by atoms with Gasteiger partial charge in [0, 0.05) is 73.0 Å². The van der Waals surface area contributed by atoms with Crippen LogP contribution in [-0.4, -0.2) is 242 Å². The number of fused-ring (bicyclic) bond motifs is 10. The van der Waals surface area contributed by atoms with E-state index in [1.165, 1.54) is 51.7 Å². The van der Waals surface area contributed by atoms with Gasteiger partial charge in [0.25, 0.3) is 22.9 Å². The molecule has 0 aliphatic carbocycles. The third-order valence-corrected chi connectivity index (χ3v) is 37.4. The van der Waals surface area contributed by atoms with E-state index >= 15 is 0 Å². The molecule has 6 aliphatic rings. The second-order valence-corrected chi connectivity index (χ2v) is 50.8. The van der Waals surface area contributed by atoms with Crippen LogP contribution in [0.3, 0.4) is 0 Å². The summed E-state index contributed by atoms with van der Waals surface area (Å²) >= 11 is 4.24. The summed E-state index contributed by atoms with van der Waals surface area (Å²) in [7, 11) is -22.8. The standard InChI is InChI=1S/C40H51N11O14P2Si.C40H51N11O13P2Si.I2/c1-22(2)35(52)48-39-47-34-29(37(54)49-39)45-21-51(34)38-31-30(65-68(7,8)40(3,4)5)26(62-38)18-60-67(57,58-15-14-41-6)63-24-16-27(61-25(24)17-59-66(55,56)64-31)50-20-44-28-32(42-19-43-33(28)50)46-36(53)23-12-10-9-11-13-23;1-22(2)35(52)48-39-47-34-29(37(54)49-39)45-21-51(34)38-31-30(64-67(7,8)40(3,4)5)26(61-38)18-59-66(56,58-15-14-41-6)63-24-16-27(60-25(24)17-57-65(55)62-31)50-20-44-28-32(42-19-43-33(28)50)46-36(53)23-12-10-9-11-13-23;1-2/h9-13,19-22,24-27,30-31,38H,14-18H2,1-5,7-8H3,(H,55,56)(H,42,43,46,53)(H2,47,48,49,52,54);9-13,19-22,24-27,30-31,38,55H,14-18H2,1-5,7-8H3,(H,42,43,46,53)(H2,47,48,49,52,54);/t24-,25+,26+,27+,30+,31+,38+,67?;24-,25+,26+,27+,30+,31+,38+,65?,66?;/m00./s1. The van der Waals surface area contributed by atoms with Crippen molar-refractivity contribution in [1.82, 2.24) is 78.1 Å². The van der Waals surface area contributed by atoms with Crippen LogP contribution in [0.2, 0.25) is 36.3 Å². The molecular formula is C80H102I2N22O27P4Si2. The largest absolute Gasteiger partial charge is 0.475 e. The molecule has 49 nitrogen and oxygen atoms in total. The van der Waals surface area contributed by atoms with Crippen LogP contribution in [-0.2, 0) is 96.3 Å². The number of carbonyl (C=O) groups excluding carboxylic acids is 4. The Hall–Kier alpha value is -8.61. The number of hydrogen-bond acceptors (Lipinski definition) is 36. The average Bonchev–Trinajstić information content (AvgIpc) is 1.60. The zero-order chi connectivity index (χ0) is 98.6. The predicted molar refractivity (Wildman–Crippen MR) is 512 cm³/mol. The number of nitrogens with zero attached hydrogens (tertiary/aromatic N) is 16. The molecule has 14 heterocycles. The lowest BCUT2D eigenvalue weighted by atomic mass is 10.1. The molecule has 8 N–H and O–H groups in total. The Bertz CT molecular complexity index is 6420. The highest BCUT2D eigenvalue weighted by molar-refractivity contribution is 15.0. The number of anilines is 4.